The number of nitrogens with one attached hydrogen (secondary N) is 1. The van der Waals surface area contributed by atoms with Crippen LogP contribution in [0.1, 0.15) is 70.0 Å². The molecule has 1 aromatic rings. The molecule has 2 aliphatic rings. The zero-order valence-corrected chi connectivity index (χ0v) is 19.9. The fourth-order valence-electron chi connectivity index (χ4n) is 3.90. The van der Waals surface area contributed by atoms with E-state index in [-0.39, 0.29) is 24.0 Å². The number of piperidine rings is 1. The summed E-state index contributed by atoms with van der Waals surface area (Å²) in [6.07, 6.45) is 8.76. The molecule has 160 valence electrons. The van der Waals surface area contributed by atoms with Crippen LogP contribution in [0.25, 0.3) is 0 Å². The van der Waals surface area contributed by atoms with Crippen molar-refractivity contribution in [2.75, 3.05) is 33.3 Å². The standard InChI is InChI=1S/C20H35N5O2.HI/c1-15(2)19-23-18(27-24-19)8-11-22-20(21-3)25-12-9-17(10-13-25)26-14-16-6-4-5-7-16;/h15-17H,4-14H2,1-3H3,(H,21,22);1H. The Balaban J connectivity index is 0.00000280. The average molecular weight is 505 g/mol. The molecule has 0 amide bonds. The summed E-state index contributed by atoms with van der Waals surface area (Å²) in [4.78, 5) is 11.2. The van der Waals surface area contributed by atoms with Crippen molar-refractivity contribution in [3.05, 3.63) is 11.7 Å². The molecule has 1 saturated heterocycles. The lowest BCUT2D eigenvalue weighted by Crippen LogP contribution is -2.47. The van der Waals surface area contributed by atoms with E-state index in [1.807, 2.05) is 7.05 Å². The van der Waals surface area contributed by atoms with Crippen LogP contribution in [-0.4, -0.2) is 60.4 Å². The van der Waals surface area contributed by atoms with Crippen molar-refractivity contribution in [2.24, 2.45) is 10.9 Å². The molecule has 1 aromatic heterocycles. The minimum absolute atomic E-state index is 0. The van der Waals surface area contributed by atoms with E-state index in [1.165, 1.54) is 25.7 Å². The number of rotatable bonds is 7. The van der Waals surface area contributed by atoms with Gasteiger partial charge < -0.3 is 19.5 Å². The molecular formula is C20H36IN5O2. The molecule has 28 heavy (non-hydrogen) atoms. The number of guanidine groups is 1. The van der Waals surface area contributed by atoms with Gasteiger partial charge in [-0.1, -0.05) is 31.8 Å². The Morgan fingerprint density at radius 2 is 1.96 bits per heavy atom. The molecule has 0 atom stereocenters. The number of nitrogens with zero attached hydrogens (tertiary/aromatic N) is 4. The van der Waals surface area contributed by atoms with Gasteiger partial charge >= 0.3 is 0 Å². The summed E-state index contributed by atoms with van der Waals surface area (Å²) in [6.45, 7) is 7.82. The van der Waals surface area contributed by atoms with E-state index >= 15 is 0 Å². The molecule has 2 heterocycles. The molecule has 0 unspecified atom stereocenters. The Hall–Kier alpha value is -0.900. The second-order valence-electron chi connectivity index (χ2n) is 8.10. The molecule has 0 bridgehead atoms. The van der Waals surface area contributed by atoms with E-state index in [4.69, 9.17) is 9.26 Å². The zero-order chi connectivity index (χ0) is 19.1. The van der Waals surface area contributed by atoms with Gasteiger partial charge in [0.1, 0.15) is 0 Å². The molecule has 0 spiro atoms. The first-order chi connectivity index (χ1) is 13.2. The zero-order valence-electron chi connectivity index (χ0n) is 17.5. The Morgan fingerprint density at radius 1 is 1.25 bits per heavy atom. The molecule has 2 fully saturated rings. The van der Waals surface area contributed by atoms with Crippen molar-refractivity contribution in [3.63, 3.8) is 0 Å². The van der Waals surface area contributed by atoms with Crippen LogP contribution in [0.3, 0.4) is 0 Å². The first kappa shape index (κ1) is 23.4. The average Bonchev–Trinajstić information content (AvgIpc) is 3.36. The third kappa shape index (κ3) is 6.86. The summed E-state index contributed by atoms with van der Waals surface area (Å²) in [5, 5.41) is 7.43. The SMILES string of the molecule is CN=C(NCCc1nc(C(C)C)no1)N1CCC(OCC2CCCC2)CC1.I. The van der Waals surface area contributed by atoms with Gasteiger partial charge in [-0.3, -0.25) is 4.99 Å². The summed E-state index contributed by atoms with van der Waals surface area (Å²) in [7, 11) is 1.84. The third-order valence-electron chi connectivity index (χ3n) is 5.62. The molecule has 7 nitrogen and oxygen atoms in total. The fourth-order valence-corrected chi connectivity index (χ4v) is 3.90. The maximum absolute atomic E-state index is 6.17. The predicted octanol–water partition coefficient (Wildman–Crippen LogP) is 3.60. The van der Waals surface area contributed by atoms with Crippen molar-refractivity contribution in [1.82, 2.24) is 20.4 Å². The van der Waals surface area contributed by atoms with Gasteiger partial charge in [0.2, 0.25) is 5.89 Å². The maximum atomic E-state index is 6.17. The summed E-state index contributed by atoms with van der Waals surface area (Å²) in [5.74, 6) is 3.50. The number of halogens is 1. The molecule has 1 N–H and O–H groups in total. The predicted molar refractivity (Wildman–Crippen MR) is 121 cm³/mol. The lowest BCUT2D eigenvalue weighted by Gasteiger charge is -2.34. The van der Waals surface area contributed by atoms with Gasteiger partial charge in [-0.25, -0.2) is 0 Å². The molecular weight excluding hydrogens is 469 g/mol. The molecule has 1 aliphatic heterocycles. The molecule has 3 rings (SSSR count). The van der Waals surface area contributed by atoms with Gasteiger partial charge in [0.05, 0.1) is 6.10 Å². The largest absolute Gasteiger partial charge is 0.378 e. The molecule has 0 aromatic carbocycles. The maximum Gasteiger partial charge on any atom is 0.228 e. The summed E-state index contributed by atoms with van der Waals surface area (Å²) in [6, 6.07) is 0. The van der Waals surface area contributed by atoms with Crippen molar-refractivity contribution >= 4 is 29.9 Å². The lowest BCUT2D eigenvalue weighted by molar-refractivity contribution is 0.00102. The van der Waals surface area contributed by atoms with Gasteiger partial charge in [-0.2, -0.15) is 4.98 Å². The van der Waals surface area contributed by atoms with Gasteiger partial charge in [-0.05, 0) is 31.6 Å². The summed E-state index contributed by atoms with van der Waals surface area (Å²) < 4.78 is 11.5. The topological polar surface area (TPSA) is 75.8 Å². The smallest absolute Gasteiger partial charge is 0.228 e. The van der Waals surface area contributed by atoms with Crippen LogP contribution >= 0.6 is 24.0 Å². The number of aromatic nitrogens is 2. The summed E-state index contributed by atoms with van der Waals surface area (Å²) >= 11 is 0. The number of hydrogen-bond donors (Lipinski definition) is 1. The van der Waals surface area contributed by atoms with Gasteiger partial charge in [0, 0.05) is 45.6 Å². The number of hydrogen-bond acceptors (Lipinski definition) is 5. The molecule has 8 heteroatoms. The first-order valence-corrected chi connectivity index (χ1v) is 10.6. The lowest BCUT2D eigenvalue weighted by atomic mass is 10.1. The molecule has 1 aliphatic carbocycles. The Bertz CT molecular complexity index is 593. The summed E-state index contributed by atoms with van der Waals surface area (Å²) in [5.41, 5.74) is 0. The number of aliphatic imine (C=N–C) groups is 1. The highest BCUT2D eigenvalue weighted by atomic mass is 127. The normalized spacial score (nSPS) is 19.3. The van der Waals surface area contributed by atoms with Crippen LogP contribution in [0.4, 0.5) is 0 Å². The minimum Gasteiger partial charge on any atom is -0.378 e. The quantitative estimate of drug-likeness (QED) is 0.347. The van der Waals surface area contributed by atoms with E-state index < -0.39 is 0 Å². The van der Waals surface area contributed by atoms with Gasteiger partial charge in [-0.15, -0.1) is 24.0 Å². The van der Waals surface area contributed by atoms with E-state index in [0.29, 0.717) is 24.3 Å². The van der Waals surface area contributed by atoms with E-state index in [1.54, 1.807) is 0 Å². The fraction of sp³-hybridized carbons (Fsp3) is 0.850. The van der Waals surface area contributed by atoms with Crippen molar-refractivity contribution in [3.8, 4) is 0 Å². The Morgan fingerprint density at radius 3 is 2.57 bits per heavy atom. The highest BCUT2D eigenvalue weighted by molar-refractivity contribution is 14.0. The molecule has 1 saturated carbocycles. The van der Waals surface area contributed by atoms with E-state index in [2.05, 4.69) is 39.2 Å². The van der Waals surface area contributed by atoms with E-state index in [0.717, 1.165) is 56.8 Å². The van der Waals surface area contributed by atoms with Crippen molar-refractivity contribution < 1.29 is 9.26 Å². The van der Waals surface area contributed by atoms with Crippen molar-refractivity contribution in [1.29, 1.82) is 0 Å². The second-order valence-corrected chi connectivity index (χ2v) is 8.10. The Labute approximate surface area is 186 Å². The van der Waals surface area contributed by atoms with Gasteiger partial charge in [0.15, 0.2) is 11.8 Å². The van der Waals surface area contributed by atoms with Crippen LogP contribution in [0.2, 0.25) is 0 Å². The van der Waals surface area contributed by atoms with Crippen LogP contribution in [-0.2, 0) is 11.2 Å². The first-order valence-electron chi connectivity index (χ1n) is 10.6. The van der Waals surface area contributed by atoms with Crippen LogP contribution in [0.5, 0.6) is 0 Å². The monoisotopic (exact) mass is 505 g/mol. The van der Waals surface area contributed by atoms with Crippen molar-refractivity contribution in [2.45, 2.75) is 70.8 Å². The number of likely N-dealkylation sites (tertiary alicyclic amines) is 1. The third-order valence-corrected chi connectivity index (χ3v) is 5.62. The minimum atomic E-state index is 0. The Kier molecular flexibility index (Phi) is 9.98. The second kappa shape index (κ2) is 11.9. The highest BCUT2D eigenvalue weighted by Gasteiger charge is 2.24. The van der Waals surface area contributed by atoms with Crippen LogP contribution in [0, 0.1) is 5.92 Å². The van der Waals surface area contributed by atoms with Crippen LogP contribution in [0.15, 0.2) is 9.52 Å². The molecule has 0 radical (unpaired) electrons. The van der Waals surface area contributed by atoms with Crippen LogP contribution < -0.4 is 5.32 Å². The highest BCUT2D eigenvalue weighted by Crippen LogP contribution is 2.26. The van der Waals surface area contributed by atoms with E-state index in [9.17, 15) is 0 Å². The number of ether oxygens (including phenoxy) is 1. The van der Waals surface area contributed by atoms with Gasteiger partial charge in [0.25, 0.3) is 0 Å².